The van der Waals surface area contributed by atoms with Crippen molar-refractivity contribution in [2.45, 2.75) is 6.10 Å². The first-order valence-electron chi connectivity index (χ1n) is 5.85. The Morgan fingerprint density at radius 2 is 2.00 bits per heavy atom. The van der Waals surface area contributed by atoms with E-state index in [-0.39, 0.29) is 0 Å². The summed E-state index contributed by atoms with van der Waals surface area (Å²) in [6.45, 7) is 1.07. The van der Waals surface area contributed by atoms with Crippen LogP contribution in [-0.4, -0.2) is 57.5 Å². The molecule has 1 unspecified atom stereocenters. The summed E-state index contributed by atoms with van der Waals surface area (Å²) >= 11 is 0. The van der Waals surface area contributed by atoms with Crippen molar-refractivity contribution in [3.63, 3.8) is 0 Å². The third kappa shape index (κ3) is 4.43. The smallest absolute Gasteiger partial charge is 0.142 e. The third-order valence-corrected chi connectivity index (χ3v) is 2.51. The predicted octanol–water partition coefficient (Wildman–Crippen LogP) is 1.04. The molecule has 0 heterocycles. The highest BCUT2D eigenvalue weighted by Crippen LogP contribution is 2.28. The molecule has 5 heteroatoms. The van der Waals surface area contributed by atoms with Gasteiger partial charge in [0.25, 0.3) is 0 Å². The molecule has 1 aromatic carbocycles. The zero-order valence-electron chi connectivity index (χ0n) is 11.4. The van der Waals surface area contributed by atoms with Crippen LogP contribution in [0.2, 0.25) is 0 Å². The van der Waals surface area contributed by atoms with Crippen molar-refractivity contribution in [1.29, 1.82) is 0 Å². The Balaban J connectivity index is 2.64. The van der Waals surface area contributed by atoms with Crippen molar-refractivity contribution in [2.24, 2.45) is 0 Å². The molecule has 0 fully saturated rings. The number of hydrogen-bond donors (Lipinski definition) is 2. The van der Waals surface area contributed by atoms with Gasteiger partial charge in [0.1, 0.15) is 11.5 Å². The summed E-state index contributed by atoms with van der Waals surface area (Å²) in [4.78, 5) is 1.94. The number of nitrogens with one attached hydrogen (secondary N) is 1. The van der Waals surface area contributed by atoms with Crippen molar-refractivity contribution in [1.82, 2.24) is 4.90 Å². The molecular weight excluding hydrogens is 232 g/mol. The topological polar surface area (TPSA) is 54.0 Å². The summed E-state index contributed by atoms with van der Waals surface area (Å²) in [7, 11) is 7.08. The molecule has 0 aliphatic rings. The average molecular weight is 254 g/mol. The van der Waals surface area contributed by atoms with Crippen LogP contribution >= 0.6 is 0 Å². The number of hydrogen-bond acceptors (Lipinski definition) is 5. The van der Waals surface area contributed by atoms with Gasteiger partial charge in [0.15, 0.2) is 0 Å². The van der Waals surface area contributed by atoms with E-state index in [2.05, 4.69) is 5.32 Å². The lowest BCUT2D eigenvalue weighted by atomic mass is 10.2. The lowest BCUT2D eigenvalue weighted by Gasteiger charge is -2.18. The van der Waals surface area contributed by atoms with Crippen molar-refractivity contribution in [2.75, 3.05) is 46.7 Å². The first kappa shape index (κ1) is 14.6. The zero-order valence-corrected chi connectivity index (χ0v) is 11.4. The highest BCUT2D eigenvalue weighted by molar-refractivity contribution is 5.59. The summed E-state index contributed by atoms with van der Waals surface area (Å²) < 4.78 is 10.4. The molecule has 0 saturated carbocycles. The maximum atomic E-state index is 9.79. The fraction of sp³-hybridized carbons (Fsp3) is 0.538. The van der Waals surface area contributed by atoms with E-state index in [1.807, 2.05) is 37.2 Å². The van der Waals surface area contributed by atoms with Gasteiger partial charge >= 0.3 is 0 Å². The summed E-state index contributed by atoms with van der Waals surface area (Å²) in [5.74, 6) is 1.48. The second-order valence-electron chi connectivity index (χ2n) is 4.36. The number of nitrogens with zero attached hydrogens (tertiary/aromatic N) is 1. The van der Waals surface area contributed by atoms with Gasteiger partial charge in [0.05, 0.1) is 26.0 Å². The van der Waals surface area contributed by atoms with Crippen LogP contribution in [0.1, 0.15) is 0 Å². The minimum absolute atomic E-state index is 0.434. The fourth-order valence-corrected chi connectivity index (χ4v) is 1.67. The quantitative estimate of drug-likeness (QED) is 0.761. The van der Waals surface area contributed by atoms with Gasteiger partial charge in [-0.15, -0.1) is 0 Å². The number of ether oxygens (including phenoxy) is 2. The van der Waals surface area contributed by atoms with Gasteiger partial charge in [0.2, 0.25) is 0 Å². The zero-order chi connectivity index (χ0) is 13.5. The summed E-state index contributed by atoms with van der Waals surface area (Å²) in [5, 5.41) is 13.0. The first-order chi connectivity index (χ1) is 8.56. The van der Waals surface area contributed by atoms with Gasteiger partial charge in [-0.25, -0.2) is 0 Å². The van der Waals surface area contributed by atoms with E-state index in [9.17, 15) is 5.11 Å². The Kier molecular flexibility index (Phi) is 5.74. The van der Waals surface area contributed by atoms with Crippen LogP contribution in [-0.2, 0) is 0 Å². The fourth-order valence-electron chi connectivity index (χ4n) is 1.67. The van der Waals surface area contributed by atoms with Crippen LogP contribution in [0.3, 0.4) is 0 Å². The SMILES string of the molecule is COc1ccc(OC)c(NCC(O)CN(C)C)c1. The number of anilines is 1. The Morgan fingerprint density at radius 1 is 1.28 bits per heavy atom. The van der Waals surface area contributed by atoms with Gasteiger partial charge in [-0.1, -0.05) is 0 Å². The Morgan fingerprint density at radius 3 is 2.56 bits per heavy atom. The average Bonchev–Trinajstić information content (AvgIpc) is 2.35. The van der Waals surface area contributed by atoms with Crippen molar-refractivity contribution in [3.05, 3.63) is 18.2 Å². The molecule has 1 atom stereocenters. The normalized spacial score (nSPS) is 12.3. The molecule has 0 aliphatic carbocycles. The van der Waals surface area contributed by atoms with E-state index < -0.39 is 6.10 Å². The van der Waals surface area contributed by atoms with Crippen LogP contribution in [0.5, 0.6) is 11.5 Å². The second-order valence-corrected chi connectivity index (χ2v) is 4.36. The van der Waals surface area contributed by atoms with E-state index in [1.165, 1.54) is 0 Å². The Labute approximate surface area is 108 Å². The number of aliphatic hydroxyl groups is 1. The van der Waals surface area contributed by atoms with E-state index >= 15 is 0 Å². The molecule has 0 radical (unpaired) electrons. The van der Waals surface area contributed by atoms with Crippen LogP contribution in [0, 0.1) is 0 Å². The molecular formula is C13H22N2O3. The van der Waals surface area contributed by atoms with Crippen LogP contribution in [0.15, 0.2) is 18.2 Å². The maximum Gasteiger partial charge on any atom is 0.142 e. The highest BCUT2D eigenvalue weighted by Gasteiger charge is 2.08. The van der Waals surface area contributed by atoms with Crippen LogP contribution in [0.4, 0.5) is 5.69 Å². The minimum atomic E-state index is -0.434. The van der Waals surface area contributed by atoms with Gasteiger partial charge in [-0.3, -0.25) is 0 Å². The van der Waals surface area contributed by atoms with Gasteiger partial charge in [-0.05, 0) is 26.2 Å². The largest absolute Gasteiger partial charge is 0.497 e. The number of benzene rings is 1. The lowest BCUT2D eigenvalue weighted by molar-refractivity contribution is 0.148. The minimum Gasteiger partial charge on any atom is -0.497 e. The maximum absolute atomic E-state index is 9.79. The van der Waals surface area contributed by atoms with Crippen LogP contribution in [0.25, 0.3) is 0 Å². The van der Waals surface area contributed by atoms with E-state index in [0.29, 0.717) is 13.1 Å². The van der Waals surface area contributed by atoms with E-state index in [1.54, 1.807) is 14.2 Å². The molecule has 18 heavy (non-hydrogen) atoms. The van der Waals surface area contributed by atoms with E-state index in [0.717, 1.165) is 17.2 Å². The summed E-state index contributed by atoms with van der Waals surface area (Å²) in [6.07, 6.45) is -0.434. The first-order valence-corrected chi connectivity index (χ1v) is 5.85. The molecule has 5 nitrogen and oxygen atoms in total. The molecule has 0 bridgehead atoms. The number of rotatable bonds is 7. The molecule has 1 rings (SSSR count). The van der Waals surface area contributed by atoms with Crippen LogP contribution < -0.4 is 14.8 Å². The monoisotopic (exact) mass is 254 g/mol. The highest BCUT2D eigenvalue weighted by atomic mass is 16.5. The number of likely N-dealkylation sites (N-methyl/N-ethyl adjacent to an activating group) is 1. The molecule has 2 N–H and O–H groups in total. The molecule has 0 aromatic heterocycles. The predicted molar refractivity (Wildman–Crippen MR) is 72.6 cm³/mol. The lowest BCUT2D eigenvalue weighted by Crippen LogP contribution is -2.31. The van der Waals surface area contributed by atoms with Crippen molar-refractivity contribution < 1.29 is 14.6 Å². The molecule has 0 saturated heterocycles. The van der Waals surface area contributed by atoms with Gasteiger partial charge in [0, 0.05) is 19.2 Å². The number of methoxy groups -OCH3 is 2. The summed E-state index contributed by atoms with van der Waals surface area (Å²) in [6, 6.07) is 5.51. The van der Waals surface area contributed by atoms with Gasteiger partial charge < -0.3 is 24.8 Å². The second kappa shape index (κ2) is 7.08. The number of aliphatic hydroxyl groups excluding tert-OH is 1. The molecule has 0 amide bonds. The van der Waals surface area contributed by atoms with Crippen molar-refractivity contribution >= 4 is 5.69 Å². The van der Waals surface area contributed by atoms with E-state index in [4.69, 9.17) is 9.47 Å². The molecule has 102 valence electrons. The third-order valence-electron chi connectivity index (χ3n) is 2.51. The van der Waals surface area contributed by atoms with Crippen molar-refractivity contribution in [3.8, 4) is 11.5 Å². The molecule has 0 aliphatic heterocycles. The molecule has 0 spiro atoms. The van der Waals surface area contributed by atoms with Gasteiger partial charge in [-0.2, -0.15) is 0 Å². The Hall–Kier alpha value is -1.46. The Bertz CT molecular complexity index is 369. The summed E-state index contributed by atoms with van der Waals surface area (Å²) in [5.41, 5.74) is 0.814. The molecule has 1 aromatic rings. The standard InChI is InChI=1S/C13H22N2O3/c1-15(2)9-10(16)8-14-12-7-11(17-3)5-6-13(12)18-4/h5-7,10,14,16H,8-9H2,1-4H3.